The number of nitrogens with one attached hydrogen (secondary N) is 1. The molecule has 1 saturated carbocycles. The fourth-order valence-corrected chi connectivity index (χ4v) is 5.32. The summed E-state index contributed by atoms with van der Waals surface area (Å²) in [4.78, 5) is 21.8. The van der Waals surface area contributed by atoms with Gasteiger partial charge in [-0.3, -0.25) is 4.90 Å². The Hall–Kier alpha value is -1.56. The first-order valence-corrected chi connectivity index (χ1v) is 9.94. The van der Waals surface area contributed by atoms with E-state index in [1.54, 1.807) is 0 Å². The van der Waals surface area contributed by atoms with E-state index in [2.05, 4.69) is 38.5 Å². The molecule has 1 N–H and O–H groups in total. The molecule has 3 aliphatic rings. The van der Waals surface area contributed by atoms with Gasteiger partial charge < -0.3 is 14.8 Å². The molecule has 2 bridgehead atoms. The zero-order chi connectivity index (χ0) is 17.4. The average molecular weight is 345 g/mol. The van der Waals surface area contributed by atoms with Crippen LogP contribution in [0.15, 0.2) is 18.7 Å². The van der Waals surface area contributed by atoms with Crippen LogP contribution in [-0.2, 0) is 0 Å². The molecule has 0 aromatic carbocycles. The van der Waals surface area contributed by atoms with Crippen LogP contribution in [0, 0.1) is 0 Å². The van der Waals surface area contributed by atoms with Crippen molar-refractivity contribution in [1.29, 1.82) is 0 Å². The Morgan fingerprint density at radius 1 is 1.16 bits per heavy atom. The summed E-state index contributed by atoms with van der Waals surface area (Å²) >= 11 is 0. The molecule has 0 spiro atoms. The van der Waals surface area contributed by atoms with Gasteiger partial charge in [0.05, 0.1) is 18.4 Å². The van der Waals surface area contributed by atoms with E-state index in [1.807, 2.05) is 18.7 Å². The Labute approximate surface area is 150 Å². The minimum absolute atomic E-state index is 0.133. The Morgan fingerprint density at radius 3 is 2.76 bits per heavy atom. The lowest BCUT2D eigenvalue weighted by Gasteiger charge is -2.32. The van der Waals surface area contributed by atoms with Gasteiger partial charge in [-0.05, 0) is 52.4 Å². The molecule has 2 aliphatic heterocycles. The van der Waals surface area contributed by atoms with Gasteiger partial charge >= 0.3 is 6.03 Å². The molecule has 2 amide bonds. The number of imidazole rings is 1. The van der Waals surface area contributed by atoms with E-state index in [4.69, 9.17) is 0 Å². The molecular formula is C19H31N5O. The third-order valence-corrected chi connectivity index (χ3v) is 6.42. The van der Waals surface area contributed by atoms with Gasteiger partial charge in [0.1, 0.15) is 0 Å². The van der Waals surface area contributed by atoms with Crippen LogP contribution in [0.2, 0.25) is 0 Å². The van der Waals surface area contributed by atoms with Gasteiger partial charge in [-0.25, -0.2) is 9.78 Å². The highest BCUT2D eigenvalue weighted by Crippen LogP contribution is 2.33. The summed E-state index contributed by atoms with van der Waals surface area (Å²) in [6.07, 6.45) is 12.7. The van der Waals surface area contributed by atoms with Crippen LogP contribution in [0.3, 0.4) is 0 Å². The quantitative estimate of drug-likeness (QED) is 0.916. The molecule has 6 heteroatoms. The molecule has 1 aromatic heterocycles. The first-order chi connectivity index (χ1) is 12.1. The molecule has 2 saturated heterocycles. The van der Waals surface area contributed by atoms with E-state index >= 15 is 0 Å². The number of urea groups is 1. The van der Waals surface area contributed by atoms with E-state index in [-0.39, 0.29) is 12.1 Å². The predicted molar refractivity (Wildman–Crippen MR) is 97.4 cm³/mol. The maximum Gasteiger partial charge on any atom is 0.317 e. The second-order valence-corrected chi connectivity index (χ2v) is 8.22. The average Bonchev–Trinajstić information content (AvgIpc) is 3.26. The van der Waals surface area contributed by atoms with E-state index in [9.17, 15) is 4.79 Å². The minimum Gasteiger partial charge on any atom is -0.333 e. The Balaban J connectivity index is 1.40. The second kappa shape index (κ2) is 6.98. The van der Waals surface area contributed by atoms with Gasteiger partial charge in [-0.2, -0.15) is 0 Å². The molecule has 3 fully saturated rings. The van der Waals surface area contributed by atoms with Gasteiger partial charge in [0.2, 0.25) is 0 Å². The third-order valence-electron chi connectivity index (χ3n) is 6.42. The largest absolute Gasteiger partial charge is 0.333 e. The fourth-order valence-electron chi connectivity index (χ4n) is 5.32. The molecule has 4 atom stereocenters. The van der Waals surface area contributed by atoms with E-state index in [0.717, 1.165) is 32.4 Å². The summed E-state index contributed by atoms with van der Waals surface area (Å²) < 4.78 is 2.16. The van der Waals surface area contributed by atoms with Crippen molar-refractivity contribution in [2.75, 3.05) is 13.1 Å². The normalized spacial score (nSPS) is 33.0. The number of carbonyl (C=O) groups is 1. The molecule has 138 valence electrons. The summed E-state index contributed by atoms with van der Waals surface area (Å²) in [6, 6.07) is 2.47. The number of likely N-dealkylation sites (tertiary alicyclic amines) is 1. The van der Waals surface area contributed by atoms with E-state index < -0.39 is 0 Å². The standard InChI is InChI=1S/C19H31N5O/c1-14(2)24-15-6-7-16(24)12-22(10-8-15)19(25)21-17-4-3-5-18(17)23-11-9-20-13-23/h9,11,13-18H,3-8,10,12H2,1-2H3,(H,21,25)/t15-,16-,17-,18+/m0/s1. The van der Waals surface area contributed by atoms with Crippen molar-refractivity contribution in [1.82, 2.24) is 24.7 Å². The van der Waals surface area contributed by atoms with Crippen LogP contribution >= 0.6 is 0 Å². The molecule has 4 rings (SSSR count). The highest BCUT2D eigenvalue weighted by molar-refractivity contribution is 5.74. The van der Waals surface area contributed by atoms with Crippen LogP contribution in [0.1, 0.15) is 58.4 Å². The van der Waals surface area contributed by atoms with Crippen LogP contribution in [-0.4, -0.2) is 62.6 Å². The monoisotopic (exact) mass is 345 g/mol. The van der Waals surface area contributed by atoms with E-state index in [0.29, 0.717) is 24.2 Å². The summed E-state index contributed by atoms with van der Waals surface area (Å²) in [6.45, 7) is 6.34. The molecule has 1 aromatic rings. The predicted octanol–water partition coefficient (Wildman–Crippen LogP) is 2.63. The third kappa shape index (κ3) is 3.28. The van der Waals surface area contributed by atoms with Crippen molar-refractivity contribution in [2.24, 2.45) is 0 Å². The number of aromatic nitrogens is 2. The van der Waals surface area contributed by atoms with Crippen LogP contribution in [0.5, 0.6) is 0 Å². The number of rotatable bonds is 3. The van der Waals surface area contributed by atoms with Gasteiger partial charge in [0.25, 0.3) is 0 Å². The minimum atomic E-state index is 0.133. The van der Waals surface area contributed by atoms with Gasteiger partial charge in [-0.1, -0.05) is 0 Å². The van der Waals surface area contributed by atoms with Crippen molar-refractivity contribution in [3.05, 3.63) is 18.7 Å². The Bertz CT molecular complexity index is 587. The van der Waals surface area contributed by atoms with Crippen molar-refractivity contribution >= 4 is 6.03 Å². The van der Waals surface area contributed by atoms with Crippen LogP contribution in [0.4, 0.5) is 4.79 Å². The Morgan fingerprint density at radius 2 is 2.00 bits per heavy atom. The maximum absolute atomic E-state index is 12.9. The lowest BCUT2D eigenvalue weighted by molar-refractivity contribution is 0.146. The lowest BCUT2D eigenvalue weighted by atomic mass is 10.1. The highest BCUT2D eigenvalue weighted by atomic mass is 16.2. The smallest absolute Gasteiger partial charge is 0.317 e. The SMILES string of the molecule is CC(C)N1[C@H]2CC[C@H]1CN(C(=O)N[C@H]1CCC[C@H]1n1ccnc1)CC2. The number of amides is 2. The van der Waals surface area contributed by atoms with Crippen LogP contribution in [0.25, 0.3) is 0 Å². The Kier molecular flexibility index (Phi) is 4.71. The maximum atomic E-state index is 12.9. The molecule has 25 heavy (non-hydrogen) atoms. The second-order valence-electron chi connectivity index (χ2n) is 8.22. The van der Waals surface area contributed by atoms with Gasteiger partial charge in [-0.15, -0.1) is 0 Å². The van der Waals surface area contributed by atoms with Crippen molar-refractivity contribution < 1.29 is 4.79 Å². The van der Waals surface area contributed by atoms with Crippen molar-refractivity contribution in [3.63, 3.8) is 0 Å². The molecule has 6 nitrogen and oxygen atoms in total. The molecule has 0 radical (unpaired) electrons. The lowest BCUT2D eigenvalue weighted by Crippen LogP contribution is -2.49. The zero-order valence-corrected chi connectivity index (χ0v) is 15.5. The number of hydrogen-bond donors (Lipinski definition) is 1. The van der Waals surface area contributed by atoms with Crippen molar-refractivity contribution in [2.45, 2.75) is 82.6 Å². The first kappa shape index (κ1) is 16.9. The van der Waals surface area contributed by atoms with Gasteiger partial charge in [0.15, 0.2) is 0 Å². The molecule has 3 heterocycles. The number of carbonyl (C=O) groups excluding carboxylic acids is 1. The topological polar surface area (TPSA) is 53.4 Å². The summed E-state index contributed by atoms with van der Waals surface area (Å²) in [5.74, 6) is 0. The summed E-state index contributed by atoms with van der Waals surface area (Å²) in [7, 11) is 0. The fraction of sp³-hybridized carbons (Fsp3) is 0.789. The first-order valence-electron chi connectivity index (χ1n) is 9.94. The van der Waals surface area contributed by atoms with Crippen LogP contribution < -0.4 is 5.32 Å². The van der Waals surface area contributed by atoms with Gasteiger partial charge in [0, 0.05) is 43.6 Å². The number of fused-ring (bicyclic) bond motifs is 2. The molecule has 1 aliphatic carbocycles. The number of nitrogens with zero attached hydrogens (tertiary/aromatic N) is 4. The zero-order valence-electron chi connectivity index (χ0n) is 15.5. The highest BCUT2D eigenvalue weighted by Gasteiger charge is 2.40. The van der Waals surface area contributed by atoms with Crippen molar-refractivity contribution in [3.8, 4) is 0 Å². The summed E-state index contributed by atoms with van der Waals surface area (Å²) in [5.41, 5.74) is 0. The molecular weight excluding hydrogens is 314 g/mol. The summed E-state index contributed by atoms with van der Waals surface area (Å²) in [5, 5.41) is 3.34. The molecule has 0 unspecified atom stereocenters. The van der Waals surface area contributed by atoms with E-state index in [1.165, 1.54) is 19.3 Å². The number of hydrogen-bond acceptors (Lipinski definition) is 3.